The zero-order chi connectivity index (χ0) is 22.5. The summed E-state index contributed by atoms with van der Waals surface area (Å²) in [5.41, 5.74) is 2.45. The summed E-state index contributed by atoms with van der Waals surface area (Å²) in [6.45, 7) is 3.91. The molecule has 0 spiro atoms. The van der Waals surface area contributed by atoms with Crippen molar-refractivity contribution in [2.75, 3.05) is 19.0 Å². The smallest absolute Gasteiger partial charge is 0.338 e. The number of hydrogen-bond acceptors (Lipinski definition) is 6. The van der Waals surface area contributed by atoms with Crippen LogP contribution in [0.3, 0.4) is 0 Å². The second-order valence-corrected chi connectivity index (χ2v) is 8.46. The molecule has 1 N–H and O–H groups in total. The monoisotopic (exact) mass is 459 g/mol. The Hall–Kier alpha value is -2.84. The van der Waals surface area contributed by atoms with Gasteiger partial charge in [-0.3, -0.25) is 14.5 Å². The molecule has 0 saturated carbocycles. The number of thioether (sulfide) groups is 1. The quantitative estimate of drug-likeness (QED) is 0.669. The van der Waals surface area contributed by atoms with Crippen molar-refractivity contribution in [2.45, 2.75) is 25.5 Å². The average molecular weight is 460 g/mol. The molecule has 1 aliphatic heterocycles. The Morgan fingerprint density at radius 1 is 1.26 bits per heavy atom. The fourth-order valence-corrected chi connectivity index (χ4v) is 4.03. The molecule has 2 aromatic carbocycles. The van der Waals surface area contributed by atoms with Crippen LogP contribution in [-0.4, -0.2) is 46.8 Å². The molecule has 2 amide bonds. The fraction of sp³-hybridized carbons (Fsp3) is 0.273. The Bertz CT molecular complexity index is 1040. The van der Waals surface area contributed by atoms with Gasteiger partial charge in [0.2, 0.25) is 11.8 Å². The number of amides is 2. The highest BCUT2D eigenvalue weighted by Crippen LogP contribution is 2.29. The number of halogens is 1. The van der Waals surface area contributed by atoms with E-state index in [1.54, 1.807) is 50.4 Å². The number of carbonyl (C=O) groups excluding carboxylic acids is 3. The molecule has 1 aliphatic rings. The minimum Gasteiger partial charge on any atom is -0.462 e. The summed E-state index contributed by atoms with van der Waals surface area (Å²) in [6, 6.07) is 11.8. The number of aliphatic imine (C=N–C) groups is 1. The van der Waals surface area contributed by atoms with Gasteiger partial charge in [0.25, 0.3) is 0 Å². The normalized spacial score (nSPS) is 17.5. The topological polar surface area (TPSA) is 88.1 Å². The van der Waals surface area contributed by atoms with E-state index in [0.29, 0.717) is 33.7 Å². The lowest BCUT2D eigenvalue weighted by Crippen LogP contribution is -2.43. The van der Waals surface area contributed by atoms with Crippen molar-refractivity contribution in [2.24, 2.45) is 4.99 Å². The highest BCUT2D eigenvalue weighted by molar-refractivity contribution is 8.15. The van der Waals surface area contributed by atoms with Crippen molar-refractivity contribution in [1.82, 2.24) is 4.90 Å². The van der Waals surface area contributed by atoms with E-state index in [4.69, 9.17) is 16.3 Å². The maximum Gasteiger partial charge on any atom is 0.338 e. The Morgan fingerprint density at radius 2 is 1.97 bits per heavy atom. The molecule has 0 radical (unpaired) electrons. The van der Waals surface area contributed by atoms with E-state index < -0.39 is 11.2 Å². The van der Waals surface area contributed by atoms with Crippen LogP contribution in [0.2, 0.25) is 5.02 Å². The van der Waals surface area contributed by atoms with Crippen LogP contribution in [0, 0.1) is 6.92 Å². The van der Waals surface area contributed by atoms with Crippen molar-refractivity contribution < 1.29 is 19.1 Å². The molecule has 0 aromatic heterocycles. The van der Waals surface area contributed by atoms with Gasteiger partial charge in [-0.2, -0.15) is 0 Å². The molecule has 7 nitrogen and oxygen atoms in total. The summed E-state index contributed by atoms with van der Waals surface area (Å²) < 4.78 is 4.97. The number of nitrogens with zero attached hydrogens (tertiary/aromatic N) is 2. The molecule has 1 fully saturated rings. The van der Waals surface area contributed by atoms with E-state index in [2.05, 4.69) is 10.3 Å². The fourth-order valence-electron chi connectivity index (χ4n) is 2.79. The van der Waals surface area contributed by atoms with E-state index in [-0.39, 0.29) is 18.2 Å². The van der Waals surface area contributed by atoms with Crippen LogP contribution in [0.15, 0.2) is 47.5 Å². The lowest BCUT2D eigenvalue weighted by Gasteiger charge is -2.28. The number of benzene rings is 2. The highest BCUT2D eigenvalue weighted by Gasteiger charge is 2.34. The Morgan fingerprint density at radius 3 is 2.61 bits per heavy atom. The number of anilines is 1. The third-order valence-electron chi connectivity index (χ3n) is 4.60. The molecule has 0 unspecified atom stereocenters. The van der Waals surface area contributed by atoms with Crippen LogP contribution >= 0.6 is 23.4 Å². The summed E-state index contributed by atoms with van der Waals surface area (Å²) in [4.78, 5) is 42.9. The maximum absolute atomic E-state index is 12.7. The number of rotatable bonds is 5. The third-order valence-corrected chi connectivity index (χ3v) is 6.25. The van der Waals surface area contributed by atoms with E-state index >= 15 is 0 Å². The summed E-state index contributed by atoms with van der Waals surface area (Å²) >= 11 is 7.33. The first-order valence-electron chi connectivity index (χ1n) is 9.64. The van der Waals surface area contributed by atoms with Crippen LogP contribution in [0.4, 0.5) is 11.4 Å². The predicted octanol–water partition coefficient (Wildman–Crippen LogP) is 4.42. The van der Waals surface area contributed by atoms with Gasteiger partial charge in [-0.15, -0.1) is 0 Å². The molecule has 9 heteroatoms. The van der Waals surface area contributed by atoms with Crippen molar-refractivity contribution in [3.05, 3.63) is 58.6 Å². The van der Waals surface area contributed by atoms with Gasteiger partial charge < -0.3 is 10.1 Å². The van der Waals surface area contributed by atoms with E-state index in [1.807, 2.05) is 13.0 Å². The zero-order valence-electron chi connectivity index (χ0n) is 17.3. The second kappa shape index (κ2) is 9.98. The number of carbonyl (C=O) groups is 3. The Labute approximate surface area is 189 Å². The van der Waals surface area contributed by atoms with Crippen LogP contribution in [-0.2, 0) is 14.3 Å². The molecule has 31 heavy (non-hydrogen) atoms. The summed E-state index contributed by atoms with van der Waals surface area (Å²) in [5.74, 6) is -0.909. The number of amidine groups is 1. The molecule has 162 valence electrons. The van der Waals surface area contributed by atoms with Gasteiger partial charge in [0, 0.05) is 24.2 Å². The first-order chi connectivity index (χ1) is 14.8. The van der Waals surface area contributed by atoms with Crippen molar-refractivity contribution >= 4 is 57.7 Å². The number of hydrogen-bond donors (Lipinski definition) is 1. The van der Waals surface area contributed by atoms with Gasteiger partial charge in [-0.25, -0.2) is 9.79 Å². The van der Waals surface area contributed by atoms with E-state index in [9.17, 15) is 14.4 Å². The van der Waals surface area contributed by atoms with Gasteiger partial charge in [0.15, 0.2) is 5.17 Å². The molecule has 1 heterocycles. The first-order valence-corrected chi connectivity index (χ1v) is 10.9. The van der Waals surface area contributed by atoms with Gasteiger partial charge in [0.05, 0.1) is 17.9 Å². The Kier molecular flexibility index (Phi) is 7.35. The van der Waals surface area contributed by atoms with Gasteiger partial charge in [0.1, 0.15) is 5.25 Å². The van der Waals surface area contributed by atoms with Crippen molar-refractivity contribution in [3.8, 4) is 0 Å². The predicted molar refractivity (Wildman–Crippen MR) is 123 cm³/mol. The van der Waals surface area contributed by atoms with E-state index in [0.717, 1.165) is 5.56 Å². The third kappa shape index (κ3) is 5.65. The number of nitrogens with one attached hydrogen (secondary N) is 1. The van der Waals surface area contributed by atoms with Gasteiger partial charge >= 0.3 is 5.97 Å². The van der Waals surface area contributed by atoms with E-state index in [1.165, 1.54) is 16.7 Å². The van der Waals surface area contributed by atoms with Crippen LogP contribution in [0.1, 0.15) is 29.3 Å². The molecular formula is C22H22ClN3O4S. The molecule has 2 aromatic rings. The van der Waals surface area contributed by atoms with Gasteiger partial charge in [-0.05, 0) is 55.8 Å². The van der Waals surface area contributed by atoms with Crippen LogP contribution in [0.5, 0.6) is 0 Å². The molecule has 1 atom stereocenters. The average Bonchev–Trinajstić information content (AvgIpc) is 2.74. The lowest BCUT2D eigenvalue weighted by molar-refractivity contribution is -0.128. The number of esters is 1. The molecule has 3 rings (SSSR count). The standard InChI is InChI=1S/C22H22ClN3O4S/c1-4-30-21(29)14-6-9-15(10-7-14)25-22-26(3)19(27)12-18(31-22)20(28)24-16-8-5-13(2)17(23)11-16/h5-11,18H,4,12H2,1-3H3,(H,24,28)/t18-/m0/s1. The minimum atomic E-state index is -0.624. The van der Waals surface area contributed by atoms with Crippen LogP contribution < -0.4 is 5.32 Å². The highest BCUT2D eigenvalue weighted by atomic mass is 35.5. The number of aryl methyl sites for hydroxylation is 1. The van der Waals surface area contributed by atoms with Crippen LogP contribution in [0.25, 0.3) is 0 Å². The molecular weight excluding hydrogens is 438 g/mol. The summed E-state index contributed by atoms with van der Waals surface area (Å²) in [6.07, 6.45) is 0.0629. The molecule has 1 saturated heterocycles. The van der Waals surface area contributed by atoms with Gasteiger partial charge in [-0.1, -0.05) is 29.4 Å². The Balaban J connectivity index is 1.75. The number of ether oxygens (including phenoxy) is 1. The zero-order valence-corrected chi connectivity index (χ0v) is 18.9. The summed E-state index contributed by atoms with van der Waals surface area (Å²) in [7, 11) is 1.62. The maximum atomic E-state index is 12.7. The molecule has 0 bridgehead atoms. The minimum absolute atomic E-state index is 0.0629. The van der Waals surface area contributed by atoms with Crippen molar-refractivity contribution in [1.29, 1.82) is 0 Å². The largest absolute Gasteiger partial charge is 0.462 e. The molecule has 0 aliphatic carbocycles. The lowest BCUT2D eigenvalue weighted by atomic mass is 10.2. The first kappa shape index (κ1) is 22.8. The second-order valence-electron chi connectivity index (χ2n) is 6.88. The summed E-state index contributed by atoms with van der Waals surface area (Å²) in [5, 5.41) is 3.15. The SMILES string of the molecule is CCOC(=O)c1ccc(N=C2S[C@H](C(=O)Nc3ccc(C)c(Cl)c3)CC(=O)N2C)cc1. The van der Waals surface area contributed by atoms with Crippen molar-refractivity contribution in [3.63, 3.8) is 0 Å².